The lowest BCUT2D eigenvalue weighted by Crippen LogP contribution is -2.17. The molecular formula is C19H15F3N2O2. The van der Waals surface area contributed by atoms with E-state index in [9.17, 15) is 23.1 Å². The SMILES string of the molecule is O=C(O)C1(Cc2ccc3[nH]c(-c4cc(C(F)(F)F)ccn4)cc3c2)CC1. The van der Waals surface area contributed by atoms with Crippen LogP contribution in [0.1, 0.15) is 24.0 Å². The van der Waals surface area contributed by atoms with Crippen molar-refractivity contribution < 1.29 is 23.1 Å². The van der Waals surface area contributed by atoms with Crippen LogP contribution in [0.5, 0.6) is 0 Å². The standard InChI is InChI=1S/C19H15F3N2O2/c20-19(21,22)13-3-6-23-15(9-13)16-8-12-7-11(1-2-14(12)24-16)10-18(4-5-18)17(25)26/h1-3,6-9,24H,4-5,10H2,(H,25,26). The summed E-state index contributed by atoms with van der Waals surface area (Å²) in [6.45, 7) is 0. The molecule has 0 amide bonds. The Morgan fingerprint density at radius 2 is 1.96 bits per heavy atom. The van der Waals surface area contributed by atoms with Gasteiger partial charge in [-0.05, 0) is 55.2 Å². The van der Waals surface area contributed by atoms with Crippen LogP contribution in [0.2, 0.25) is 0 Å². The van der Waals surface area contributed by atoms with E-state index >= 15 is 0 Å². The average Bonchev–Trinajstić information content (AvgIpc) is 3.25. The van der Waals surface area contributed by atoms with Gasteiger partial charge in [-0.25, -0.2) is 0 Å². The van der Waals surface area contributed by atoms with Crippen LogP contribution in [0.25, 0.3) is 22.3 Å². The third-order valence-electron chi connectivity index (χ3n) is 4.90. The fourth-order valence-corrected chi connectivity index (χ4v) is 3.19. The van der Waals surface area contributed by atoms with E-state index in [1.54, 1.807) is 6.07 Å². The molecule has 2 aromatic heterocycles. The van der Waals surface area contributed by atoms with Gasteiger partial charge < -0.3 is 10.1 Å². The Kier molecular flexibility index (Phi) is 3.57. The van der Waals surface area contributed by atoms with Gasteiger partial charge in [0.05, 0.1) is 22.4 Å². The highest BCUT2D eigenvalue weighted by Crippen LogP contribution is 2.48. The number of aliphatic carboxylic acids is 1. The van der Waals surface area contributed by atoms with Crippen LogP contribution in [-0.2, 0) is 17.4 Å². The lowest BCUT2D eigenvalue weighted by atomic mass is 9.96. The molecule has 2 heterocycles. The molecule has 1 aliphatic rings. The van der Waals surface area contributed by atoms with Gasteiger partial charge >= 0.3 is 12.1 Å². The highest BCUT2D eigenvalue weighted by atomic mass is 19.4. The summed E-state index contributed by atoms with van der Waals surface area (Å²) in [4.78, 5) is 18.4. The van der Waals surface area contributed by atoms with Crippen LogP contribution in [-0.4, -0.2) is 21.0 Å². The fourth-order valence-electron chi connectivity index (χ4n) is 3.19. The van der Waals surface area contributed by atoms with Crippen LogP contribution >= 0.6 is 0 Å². The van der Waals surface area contributed by atoms with Gasteiger partial charge in [-0.2, -0.15) is 13.2 Å². The third kappa shape index (κ3) is 2.94. The maximum atomic E-state index is 12.9. The van der Waals surface area contributed by atoms with E-state index in [0.29, 0.717) is 25.0 Å². The number of H-pyrrole nitrogens is 1. The van der Waals surface area contributed by atoms with Crippen molar-refractivity contribution in [3.63, 3.8) is 0 Å². The highest BCUT2D eigenvalue weighted by Gasteiger charge is 2.49. The van der Waals surface area contributed by atoms with Crippen LogP contribution in [0.4, 0.5) is 13.2 Å². The summed E-state index contributed by atoms with van der Waals surface area (Å²) in [7, 11) is 0. The number of fused-ring (bicyclic) bond motifs is 1. The van der Waals surface area contributed by atoms with Crippen molar-refractivity contribution in [3.05, 3.63) is 53.7 Å². The molecule has 0 atom stereocenters. The van der Waals surface area contributed by atoms with Crippen LogP contribution in [0, 0.1) is 5.41 Å². The summed E-state index contributed by atoms with van der Waals surface area (Å²) in [6, 6.07) is 9.24. The van der Waals surface area contributed by atoms with E-state index < -0.39 is 23.1 Å². The molecule has 3 aromatic rings. The summed E-state index contributed by atoms with van der Waals surface area (Å²) in [5.74, 6) is -0.777. The second-order valence-corrected chi connectivity index (χ2v) is 6.79. The topological polar surface area (TPSA) is 66.0 Å². The van der Waals surface area contributed by atoms with Crippen LogP contribution in [0.3, 0.4) is 0 Å². The molecule has 134 valence electrons. The zero-order chi connectivity index (χ0) is 18.5. The molecule has 0 bridgehead atoms. The number of nitrogens with one attached hydrogen (secondary N) is 1. The van der Waals surface area contributed by atoms with Gasteiger partial charge in [0, 0.05) is 17.1 Å². The molecule has 0 aliphatic heterocycles. The van der Waals surface area contributed by atoms with Crippen molar-refractivity contribution in [1.82, 2.24) is 9.97 Å². The maximum absolute atomic E-state index is 12.9. The van der Waals surface area contributed by atoms with Gasteiger partial charge in [0.1, 0.15) is 0 Å². The number of alkyl halides is 3. The first-order chi connectivity index (χ1) is 12.3. The summed E-state index contributed by atoms with van der Waals surface area (Å²) >= 11 is 0. The lowest BCUT2D eigenvalue weighted by Gasteiger charge is -2.09. The Morgan fingerprint density at radius 1 is 1.19 bits per heavy atom. The van der Waals surface area contributed by atoms with E-state index in [4.69, 9.17) is 0 Å². The Labute approximate surface area is 146 Å². The molecule has 4 rings (SSSR count). The first kappa shape index (κ1) is 16.6. The molecule has 0 unspecified atom stereocenters. The van der Waals surface area contributed by atoms with Gasteiger partial charge in [0.2, 0.25) is 0 Å². The lowest BCUT2D eigenvalue weighted by molar-refractivity contribution is -0.143. The van der Waals surface area contributed by atoms with Crippen molar-refractivity contribution in [2.45, 2.75) is 25.4 Å². The molecule has 26 heavy (non-hydrogen) atoms. The first-order valence-electron chi connectivity index (χ1n) is 8.16. The Balaban J connectivity index is 1.67. The summed E-state index contributed by atoms with van der Waals surface area (Å²) in [5.41, 5.74) is 0.960. The average molecular weight is 360 g/mol. The number of carboxylic acid groups (broad SMARTS) is 1. The van der Waals surface area contributed by atoms with E-state index in [-0.39, 0.29) is 5.69 Å². The van der Waals surface area contributed by atoms with Crippen molar-refractivity contribution in [2.75, 3.05) is 0 Å². The molecule has 1 saturated carbocycles. The summed E-state index contributed by atoms with van der Waals surface area (Å²) in [5, 5.41) is 10.1. The van der Waals surface area contributed by atoms with E-state index in [1.165, 1.54) is 0 Å². The second kappa shape index (κ2) is 5.59. The predicted molar refractivity (Wildman–Crippen MR) is 89.5 cm³/mol. The number of nitrogens with zero attached hydrogens (tertiary/aromatic N) is 1. The smallest absolute Gasteiger partial charge is 0.416 e. The van der Waals surface area contributed by atoms with Gasteiger partial charge in [-0.3, -0.25) is 9.78 Å². The minimum atomic E-state index is -4.42. The zero-order valence-electron chi connectivity index (χ0n) is 13.6. The Hall–Kier alpha value is -2.83. The van der Waals surface area contributed by atoms with E-state index in [1.807, 2.05) is 18.2 Å². The molecule has 0 spiro atoms. The number of hydrogen-bond donors (Lipinski definition) is 2. The molecule has 0 saturated heterocycles. The van der Waals surface area contributed by atoms with Crippen molar-refractivity contribution in [3.8, 4) is 11.4 Å². The molecule has 1 aliphatic carbocycles. The van der Waals surface area contributed by atoms with Gasteiger partial charge in [0.15, 0.2) is 0 Å². The largest absolute Gasteiger partial charge is 0.481 e. The zero-order valence-corrected chi connectivity index (χ0v) is 13.6. The molecule has 1 aromatic carbocycles. The van der Waals surface area contributed by atoms with Crippen molar-refractivity contribution in [2.24, 2.45) is 5.41 Å². The van der Waals surface area contributed by atoms with E-state index in [0.717, 1.165) is 34.8 Å². The van der Waals surface area contributed by atoms with Crippen LogP contribution in [0.15, 0.2) is 42.6 Å². The Morgan fingerprint density at radius 3 is 2.62 bits per heavy atom. The number of carbonyl (C=O) groups is 1. The molecule has 4 nitrogen and oxygen atoms in total. The number of halogens is 3. The predicted octanol–water partition coefficient (Wildman–Crippen LogP) is 4.66. The summed E-state index contributed by atoms with van der Waals surface area (Å²) in [6.07, 6.45) is -1.48. The minimum absolute atomic E-state index is 0.210. The number of carboxylic acids is 1. The molecule has 1 fully saturated rings. The Bertz CT molecular complexity index is 1000. The number of rotatable bonds is 4. The second-order valence-electron chi connectivity index (χ2n) is 6.79. The number of aromatic amines is 1. The third-order valence-corrected chi connectivity index (χ3v) is 4.90. The van der Waals surface area contributed by atoms with Gasteiger partial charge in [-0.15, -0.1) is 0 Å². The van der Waals surface area contributed by atoms with E-state index in [2.05, 4.69) is 9.97 Å². The fraction of sp³-hybridized carbons (Fsp3) is 0.263. The molecule has 2 N–H and O–H groups in total. The van der Waals surface area contributed by atoms with Crippen LogP contribution < -0.4 is 0 Å². The molecule has 7 heteroatoms. The van der Waals surface area contributed by atoms with Crippen molar-refractivity contribution >= 4 is 16.9 Å². The number of hydrogen-bond acceptors (Lipinski definition) is 2. The number of benzene rings is 1. The quantitative estimate of drug-likeness (QED) is 0.711. The summed E-state index contributed by atoms with van der Waals surface area (Å²) < 4.78 is 38.7. The highest BCUT2D eigenvalue weighted by molar-refractivity contribution is 5.86. The monoisotopic (exact) mass is 360 g/mol. The minimum Gasteiger partial charge on any atom is -0.481 e. The molecule has 0 radical (unpaired) electrons. The normalized spacial score (nSPS) is 16.0. The van der Waals surface area contributed by atoms with Gasteiger partial charge in [-0.1, -0.05) is 6.07 Å². The number of aromatic nitrogens is 2. The molecular weight excluding hydrogens is 345 g/mol. The van der Waals surface area contributed by atoms with Crippen molar-refractivity contribution in [1.29, 1.82) is 0 Å². The number of pyridine rings is 1. The van der Waals surface area contributed by atoms with Gasteiger partial charge in [0.25, 0.3) is 0 Å². The maximum Gasteiger partial charge on any atom is 0.416 e. The first-order valence-corrected chi connectivity index (χ1v) is 8.16.